The van der Waals surface area contributed by atoms with E-state index in [9.17, 15) is 4.79 Å². The molecule has 1 aliphatic heterocycles. The van der Waals surface area contributed by atoms with Crippen LogP contribution in [0.15, 0.2) is 59.1 Å². The average Bonchev–Trinajstić information content (AvgIpc) is 3.23. The lowest BCUT2D eigenvalue weighted by molar-refractivity contribution is -0.117. The largest absolute Gasteiger partial charge is 0.339 e. The van der Waals surface area contributed by atoms with Gasteiger partial charge in [-0.15, -0.1) is 0 Å². The summed E-state index contributed by atoms with van der Waals surface area (Å²) < 4.78 is 5.45. The molecule has 1 saturated heterocycles. The van der Waals surface area contributed by atoms with E-state index in [1.54, 1.807) is 4.90 Å². The maximum Gasteiger partial charge on any atom is 0.232 e. The maximum absolute atomic E-state index is 12.3. The lowest BCUT2D eigenvalue weighted by Gasteiger charge is -2.15. The number of aryl methyl sites for hydroxylation is 1. The number of aromatic nitrogens is 2. The Morgan fingerprint density at radius 1 is 1.08 bits per heavy atom. The second-order valence-corrected chi connectivity index (χ2v) is 6.01. The van der Waals surface area contributed by atoms with Crippen LogP contribution in [0.5, 0.6) is 0 Å². The second kappa shape index (κ2) is 5.92. The Balaban J connectivity index is 1.58. The highest BCUT2D eigenvalue weighted by atomic mass is 16.5. The molecule has 5 nitrogen and oxygen atoms in total. The first kappa shape index (κ1) is 14.6. The number of amides is 1. The summed E-state index contributed by atoms with van der Waals surface area (Å²) in [6.07, 6.45) is 0.393. The highest BCUT2D eigenvalue weighted by Crippen LogP contribution is 2.32. The van der Waals surface area contributed by atoms with Gasteiger partial charge in [0.05, 0.1) is 5.92 Å². The molecule has 120 valence electrons. The van der Waals surface area contributed by atoms with Gasteiger partial charge in [-0.25, -0.2) is 0 Å². The molecular weight excluding hydrogens is 302 g/mol. The maximum atomic E-state index is 12.3. The van der Waals surface area contributed by atoms with Crippen LogP contribution in [0.4, 0.5) is 5.69 Å². The minimum atomic E-state index is -0.0667. The van der Waals surface area contributed by atoms with Crippen LogP contribution >= 0.6 is 0 Å². The van der Waals surface area contributed by atoms with Gasteiger partial charge in [-0.3, -0.25) is 4.79 Å². The highest BCUT2D eigenvalue weighted by molar-refractivity contribution is 5.96. The monoisotopic (exact) mass is 319 g/mol. The van der Waals surface area contributed by atoms with Gasteiger partial charge in [0.15, 0.2) is 0 Å². The van der Waals surface area contributed by atoms with Gasteiger partial charge < -0.3 is 9.42 Å². The Bertz CT molecular complexity index is 873. The SMILES string of the molecule is Cc1ccccc1-c1noc([C@@H]2CC(=O)N(c3ccccc3)C2)n1. The van der Waals surface area contributed by atoms with Crippen LogP contribution < -0.4 is 4.90 Å². The van der Waals surface area contributed by atoms with E-state index in [2.05, 4.69) is 10.1 Å². The summed E-state index contributed by atoms with van der Waals surface area (Å²) in [5.41, 5.74) is 2.96. The summed E-state index contributed by atoms with van der Waals surface area (Å²) in [6.45, 7) is 2.58. The summed E-state index contributed by atoms with van der Waals surface area (Å²) in [5, 5.41) is 4.10. The molecule has 5 heteroatoms. The van der Waals surface area contributed by atoms with Gasteiger partial charge in [0, 0.05) is 24.2 Å². The minimum absolute atomic E-state index is 0.0667. The Labute approximate surface area is 139 Å². The van der Waals surface area contributed by atoms with Gasteiger partial charge in [0.25, 0.3) is 0 Å². The third-order valence-corrected chi connectivity index (χ3v) is 4.37. The van der Waals surface area contributed by atoms with E-state index in [0.717, 1.165) is 16.8 Å². The predicted octanol–water partition coefficient (Wildman–Crippen LogP) is 3.57. The highest BCUT2D eigenvalue weighted by Gasteiger charge is 2.35. The first-order valence-corrected chi connectivity index (χ1v) is 7.97. The van der Waals surface area contributed by atoms with E-state index in [-0.39, 0.29) is 11.8 Å². The van der Waals surface area contributed by atoms with Crippen molar-refractivity contribution in [2.75, 3.05) is 11.4 Å². The van der Waals surface area contributed by atoms with Crippen molar-refractivity contribution in [2.45, 2.75) is 19.3 Å². The molecule has 1 aliphatic rings. The first-order chi connectivity index (χ1) is 11.7. The molecule has 1 atom stereocenters. The zero-order valence-electron chi connectivity index (χ0n) is 13.3. The Morgan fingerprint density at radius 2 is 1.83 bits per heavy atom. The molecule has 0 bridgehead atoms. The summed E-state index contributed by atoms with van der Waals surface area (Å²) in [5.74, 6) is 1.12. The van der Waals surface area contributed by atoms with Crippen molar-refractivity contribution >= 4 is 11.6 Å². The standard InChI is InChI=1S/C19H17N3O2/c1-13-7-5-6-10-16(13)18-20-19(24-21-18)14-11-17(23)22(12-14)15-8-3-2-4-9-15/h2-10,14H,11-12H2,1H3/t14-/m1/s1. The van der Waals surface area contributed by atoms with Crippen LogP contribution in [0.3, 0.4) is 0 Å². The molecule has 2 heterocycles. The van der Waals surface area contributed by atoms with Crippen molar-refractivity contribution < 1.29 is 9.32 Å². The van der Waals surface area contributed by atoms with E-state index < -0.39 is 0 Å². The number of hydrogen-bond acceptors (Lipinski definition) is 4. The quantitative estimate of drug-likeness (QED) is 0.740. The minimum Gasteiger partial charge on any atom is -0.339 e. The molecule has 0 radical (unpaired) electrons. The number of anilines is 1. The third-order valence-electron chi connectivity index (χ3n) is 4.37. The van der Waals surface area contributed by atoms with E-state index >= 15 is 0 Å². The van der Waals surface area contributed by atoms with Crippen LogP contribution in [-0.2, 0) is 4.79 Å². The van der Waals surface area contributed by atoms with E-state index in [4.69, 9.17) is 4.52 Å². The Kier molecular flexibility index (Phi) is 3.61. The van der Waals surface area contributed by atoms with Crippen LogP contribution in [-0.4, -0.2) is 22.6 Å². The fourth-order valence-corrected chi connectivity index (χ4v) is 3.06. The lowest BCUT2D eigenvalue weighted by Crippen LogP contribution is -2.24. The summed E-state index contributed by atoms with van der Waals surface area (Å²) in [7, 11) is 0. The third kappa shape index (κ3) is 2.58. The van der Waals surface area contributed by atoms with Crippen molar-refractivity contribution in [3.63, 3.8) is 0 Å². The number of nitrogens with zero attached hydrogens (tertiary/aromatic N) is 3. The molecule has 4 rings (SSSR count). The van der Waals surface area contributed by atoms with Gasteiger partial charge in [0.1, 0.15) is 0 Å². The van der Waals surface area contributed by atoms with Gasteiger partial charge in [-0.1, -0.05) is 47.6 Å². The average molecular weight is 319 g/mol. The fraction of sp³-hybridized carbons (Fsp3) is 0.211. The molecule has 0 N–H and O–H groups in total. The van der Waals surface area contributed by atoms with Crippen LogP contribution in [0, 0.1) is 6.92 Å². The summed E-state index contributed by atoms with van der Waals surface area (Å²) in [6, 6.07) is 17.6. The van der Waals surface area contributed by atoms with Gasteiger partial charge >= 0.3 is 0 Å². The molecule has 0 saturated carbocycles. The number of carbonyl (C=O) groups is 1. The molecule has 0 spiro atoms. The molecule has 1 fully saturated rings. The van der Waals surface area contributed by atoms with Crippen LogP contribution in [0.25, 0.3) is 11.4 Å². The van der Waals surface area contributed by atoms with Crippen molar-refractivity contribution in [3.05, 3.63) is 66.1 Å². The topological polar surface area (TPSA) is 59.2 Å². The lowest BCUT2D eigenvalue weighted by atomic mass is 10.1. The van der Waals surface area contributed by atoms with E-state index in [0.29, 0.717) is 24.7 Å². The van der Waals surface area contributed by atoms with Gasteiger partial charge in [0.2, 0.25) is 17.6 Å². The fourth-order valence-electron chi connectivity index (χ4n) is 3.06. The van der Waals surface area contributed by atoms with Crippen molar-refractivity contribution in [1.29, 1.82) is 0 Å². The Hall–Kier alpha value is -2.95. The molecule has 0 unspecified atom stereocenters. The number of para-hydroxylation sites is 1. The number of carbonyl (C=O) groups excluding carboxylic acids is 1. The number of benzene rings is 2. The summed E-state index contributed by atoms with van der Waals surface area (Å²) in [4.78, 5) is 18.6. The van der Waals surface area contributed by atoms with Crippen LogP contribution in [0.1, 0.15) is 23.8 Å². The molecule has 3 aromatic rings. The van der Waals surface area contributed by atoms with Gasteiger partial charge in [-0.05, 0) is 24.6 Å². The summed E-state index contributed by atoms with van der Waals surface area (Å²) >= 11 is 0. The van der Waals surface area contributed by atoms with Gasteiger partial charge in [-0.2, -0.15) is 4.98 Å². The smallest absolute Gasteiger partial charge is 0.232 e. The Morgan fingerprint density at radius 3 is 2.62 bits per heavy atom. The second-order valence-electron chi connectivity index (χ2n) is 6.01. The zero-order chi connectivity index (χ0) is 16.5. The molecule has 2 aromatic carbocycles. The zero-order valence-corrected chi connectivity index (χ0v) is 13.3. The molecular formula is C19H17N3O2. The van der Waals surface area contributed by atoms with Crippen molar-refractivity contribution in [3.8, 4) is 11.4 Å². The molecule has 1 aromatic heterocycles. The molecule has 24 heavy (non-hydrogen) atoms. The van der Waals surface area contributed by atoms with E-state index in [1.165, 1.54) is 0 Å². The normalized spacial score (nSPS) is 17.5. The number of hydrogen-bond donors (Lipinski definition) is 0. The van der Waals surface area contributed by atoms with Crippen molar-refractivity contribution in [1.82, 2.24) is 10.1 Å². The number of rotatable bonds is 3. The van der Waals surface area contributed by atoms with E-state index in [1.807, 2.05) is 61.5 Å². The first-order valence-electron chi connectivity index (χ1n) is 7.97. The molecule has 1 amide bonds. The van der Waals surface area contributed by atoms with Crippen LogP contribution in [0.2, 0.25) is 0 Å². The van der Waals surface area contributed by atoms with Crippen molar-refractivity contribution in [2.24, 2.45) is 0 Å². The predicted molar refractivity (Wildman–Crippen MR) is 90.6 cm³/mol. The molecule has 0 aliphatic carbocycles.